The molecule has 0 spiro atoms. The van der Waals surface area contributed by atoms with Crippen molar-refractivity contribution in [1.82, 2.24) is 10.2 Å². The monoisotopic (exact) mass is 407 g/mol. The molecule has 1 N–H and O–H groups in total. The molecule has 1 aromatic carbocycles. The molecule has 10 heteroatoms. The van der Waals surface area contributed by atoms with Gasteiger partial charge in [0.2, 0.25) is 0 Å². The average Bonchev–Trinajstić information content (AvgIpc) is 2.47. The van der Waals surface area contributed by atoms with E-state index in [0.29, 0.717) is 26.2 Å². The molecule has 1 heterocycles. The van der Waals surface area contributed by atoms with E-state index in [1.54, 1.807) is 4.90 Å². The maximum atomic E-state index is 14.3. The van der Waals surface area contributed by atoms with E-state index in [4.69, 9.17) is 16.9 Å². The van der Waals surface area contributed by atoms with Crippen LogP contribution in [0.4, 0.5) is 17.6 Å². The number of alkyl halides is 3. The molecule has 1 aliphatic rings. The number of piperazine rings is 1. The number of hydrogen-bond acceptors (Lipinski definition) is 3. The lowest BCUT2D eigenvalue weighted by molar-refractivity contribution is -0.139. The van der Waals surface area contributed by atoms with Crippen LogP contribution in [-0.4, -0.2) is 31.1 Å². The SMILES string of the molecule is Cl.Cl.N#CC[C@@H](c1c(C(F)(F)F)ccc(Cl)c1F)N1CCNCC1. The number of halogens is 7. The lowest BCUT2D eigenvalue weighted by atomic mass is 9.95. The predicted molar refractivity (Wildman–Crippen MR) is 88.3 cm³/mol. The van der Waals surface area contributed by atoms with Gasteiger partial charge in [-0.15, -0.1) is 24.8 Å². The summed E-state index contributed by atoms with van der Waals surface area (Å²) >= 11 is 5.66. The van der Waals surface area contributed by atoms with E-state index in [1.165, 1.54) is 0 Å². The van der Waals surface area contributed by atoms with E-state index in [9.17, 15) is 17.6 Å². The Hall–Kier alpha value is -0.780. The summed E-state index contributed by atoms with van der Waals surface area (Å²) in [6, 6.07) is 2.54. The molecule has 0 aromatic heterocycles. The molecule has 24 heavy (non-hydrogen) atoms. The minimum Gasteiger partial charge on any atom is -0.314 e. The lowest BCUT2D eigenvalue weighted by Crippen LogP contribution is -2.45. The summed E-state index contributed by atoms with van der Waals surface area (Å²) in [5.74, 6) is -1.10. The van der Waals surface area contributed by atoms with Crippen molar-refractivity contribution in [3.05, 3.63) is 34.1 Å². The number of nitriles is 1. The van der Waals surface area contributed by atoms with Gasteiger partial charge in [-0.05, 0) is 12.1 Å². The van der Waals surface area contributed by atoms with Gasteiger partial charge in [0.15, 0.2) is 0 Å². The first kappa shape index (κ1) is 23.2. The number of nitrogens with one attached hydrogen (secondary N) is 1. The van der Waals surface area contributed by atoms with Gasteiger partial charge in [-0.1, -0.05) is 11.6 Å². The molecule has 0 saturated carbocycles. The van der Waals surface area contributed by atoms with Gasteiger partial charge in [-0.3, -0.25) is 4.90 Å². The number of hydrogen-bond donors (Lipinski definition) is 1. The molecule has 3 nitrogen and oxygen atoms in total. The van der Waals surface area contributed by atoms with E-state index < -0.39 is 29.2 Å². The van der Waals surface area contributed by atoms with Crippen LogP contribution in [0.3, 0.4) is 0 Å². The topological polar surface area (TPSA) is 39.1 Å². The van der Waals surface area contributed by atoms with E-state index in [2.05, 4.69) is 5.32 Å². The van der Waals surface area contributed by atoms with Crippen LogP contribution in [0, 0.1) is 17.1 Å². The lowest BCUT2D eigenvalue weighted by Gasteiger charge is -2.35. The Bertz CT molecular complexity index is 584. The molecule has 1 atom stereocenters. The zero-order chi connectivity index (χ0) is 16.3. The smallest absolute Gasteiger partial charge is 0.314 e. The Kier molecular flexibility index (Phi) is 9.32. The minimum atomic E-state index is -4.71. The first-order valence-electron chi connectivity index (χ1n) is 6.73. The first-order chi connectivity index (χ1) is 10.4. The average molecular weight is 409 g/mol. The fraction of sp³-hybridized carbons (Fsp3) is 0.500. The quantitative estimate of drug-likeness (QED) is 0.762. The van der Waals surface area contributed by atoms with Gasteiger partial charge in [0, 0.05) is 31.7 Å². The Morgan fingerprint density at radius 3 is 2.33 bits per heavy atom. The van der Waals surface area contributed by atoms with Crippen LogP contribution in [0.5, 0.6) is 0 Å². The fourth-order valence-electron chi connectivity index (χ4n) is 2.63. The van der Waals surface area contributed by atoms with Crippen LogP contribution in [0.25, 0.3) is 0 Å². The largest absolute Gasteiger partial charge is 0.416 e. The summed E-state index contributed by atoms with van der Waals surface area (Å²) in [4.78, 5) is 1.68. The van der Waals surface area contributed by atoms with Crippen molar-refractivity contribution in [2.75, 3.05) is 26.2 Å². The van der Waals surface area contributed by atoms with Gasteiger partial charge in [0.1, 0.15) is 5.82 Å². The molecule has 136 valence electrons. The third-order valence-corrected chi connectivity index (χ3v) is 3.94. The highest BCUT2D eigenvalue weighted by Gasteiger charge is 2.39. The standard InChI is InChI=1S/C14H14ClF4N3.2ClH/c15-10-2-1-9(14(17,18)19)12(13(10)16)11(3-4-20)22-7-5-21-6-8-22;;/h1-2,11,21H,3,5-8H2;2*1H/t11-;;/m0../s1. The summed E-state index contributed by atoms with van der Waals surface area (Å²) in [6.45, 7) is 2.03. The third kappa shape index (κ3) is 5.11. The highest BCUT2D eigenvalue weighted by molar-refractivity contribution is 6.30. The molecular weight excluding hydrogens is 393 g/mol. The summed E-state index contributed by atoms with van der Waals surface area (Å²) in [6.07, 6.45) is -4.94. The first-order valence-corrected chi connectivity index (χ1v) is 7.11. The molecule has 1 saturated heterocycles. The van der Waals surface area contributed by atoms with Gasteiger partial charge in [-0.25, -0.2) is 4.39 Å². The molecule has 0 amide bonds. The van der Waals surface area contributed by atoms with Crippen molar-refractivity contribution in [2.45, 2.75) is 18.6 Å². The van der Waals surface area contributed by atoms with E-state index in [1.807, 2.05) is 6.07 Å². The van der Waals surface area contributed by atoms with Gasteiger partial charge in [0.05, 0.1) is 29.1 Å². The van der Waals surface area contributed by atoms with Crippen LogP contribution in [-0.2, 0) is 6.18 Å². The van der Waals surface area contributed by atoms with Crippen molar-refractivity contribution in [3.63, 3.8) is 0 Å². The molecule has 1 fully saturated rings. The highest BCUT2D eigenvalue weighted by atomic mass is 35.5. The molecule has 0 aliphatic carbocycles. The summed E-state index contributed by atoms with van der Waals surface area (Å²) < 4.78 is 54.0. The molecule has 0 radical (unpaired) electrons. The second kappa shape index (κ2) is 9.64. The van der Waals surface area contributed by atoms with Gasteiger partial charge >= 0.3 is 6.18 Å². The van der Waals surface area contributed by atoms with Crippen molar-refractivity contribution >= 4 is 36.4 Å². The Morgan fingerprint density at radius 1 is 1.25 bits per heavy atom. The zero-order valence-electron chi connectivity index (χ0n) is 12.4. The van der Waals surface area contributed by atoms with Crippen molar-refractivity contribution in [2.24, 2.45) is 0 Å². The Labute approximate surface area is 154 Å². The maximum Gasteiger partial charge on any atom is 0.416 e. The van der Waals surface area contributed by atoms with Crippen molar-refractivity contribution in [3.8, 4) is 6.07 Å². The van der Waals surface area contributed by atoms with Crippen LogP contribution in [0.2, 0.25) is 5.02 Å². The normalized spacial score (nSPS) is 16.5. The predicted octanol–water partition coefficient (Wildman–Crippen LogP) is 4.20. The second-order valence-electron chi connectivity index (χ2n) is 4.98. The molecule has 1 aliphatic heterocycles. The molecule has 2 rings (SSSR count). The summed E-state index contributed by atoms with van der Waals surface area (Å²) in [5, 5.41) is 11.6. The van der Waals surface area contributed by atoms with Crippen LogP contribution in [0.15, 0.2) is 12.1 Å². The maximum absolute atomic E-state index is 14.3. The molecular formula is C14H16Cl3F4N3. The zero-order valence-corrected chi connectivity index (χ0v) is 14.8. The molecule has 1 aromatic rings. The van der Waals surface area contributed by atoms with E-state index >= 15 is 0 Å². The third-order valence-electron chi connectivity index (χ3n) is 3.65. The van der Waals surface area contributed by atoms with Crippen molar-refractivity contribution in [1.29, 1.82) is 5.26 Å². The van der Waals surface area contributed by atoms with Gasteiger partial charge < -0.3 is 5.32 Å². The number of benzene rings is 1. The van der Waals surface area contributed by atoms with Crippen LogP contribution >= 0.6 is 36.4 Å². The van der Waals surface area contributed by atoms with Crippen LogP contribution < -0.4 is 5.32 Å². The minimum absolute atomic E-state index is 0. The van der Waals surface area contributed by atoms with E-state index in [0.717, 1.165) is 12.1 Å². The summed E-state index contributed by atoms with van der Waals surface area (Å²) in [7, 11) is 0. The fourth-order valence-corrected chi connectivity index (χ4v) is 2.80. The molecule has 0 unspecified atom stereocenters. The van der Waals surface area contributed by atoms with Gasteiger partial charge in [-0.2, -0.15) is 18.4 Å². The van der Waals surface area contributed by atoms with Crippen LogP contribution in [0.1, 0.15) is 23.6 Å². The number of rotatable bonds is 3. The van der Waals surface area contributed by atoms with Gasteiger partial charge in [0.25, 0.3) is 0 Å². The number of nitrogens with zero attached hydrogens (tertiary/aromatic N) is 2. The summed E-state index contributed by atoms with van der Waals surface area (Å²) in [5.41, 5.74) is -1.61. The van der Waals surface area contributed by atoms with Crippen molar-refractivity contribution < 1.29 is 17.6 Å². The molecule has 0 bridgehead atoms. The Balaban J connectivity index is 0.00000264. The highest BCUT2D eigenvalue weighted by Crippen LogP contribution is 2.40. The van der Waals surface area contributed by atoms with E-state index in [-0.39, 0.29) is 36.3 Å². The second-order valence-corrected chi connectivity index (χ2v) is 5.39. The Morgan fingerprint density at radius 2 is 1.83 bits per heavy atom.